The van der Waals surface area contributed by atoms with Crippen molar-refractivity contribution in [3.63, 3.8) is 0 Å². The summed E-state index contributed by atoms with van der Waals surface area (Å²) in [6.07, 6.45) is 5.51. The zero-order valence-corrected chi connectivity index (χ0v) is 13.3. The summed E-state index contributed by atoms with van der Waals surface area (Å²) in [5.41, 5.74) is -0.0579. The van der Waals surface area contributed by atoms with E-state index in [1.807, 2.05) is 0 Å². The quantitative estimate of drug-likeness (QED) is 0.832. The Morgan fingerprint density at radius 2 is 2.14 bits per heavy atom. The molecule has 1 aromatic heterocycles. The highest BCUT2D eigenvalue weighted by atomic mass is 16.4. The number of nitrogens with one attached hydrogen (secondary N) is 1. The highest BCUT2D eigenvalue weighted by Crippen LogP contribution is 2.35. The Morgan fingerprint density at radius 3 is 2.68 bits per heavy atom. The highest BCUT2D eigenvalue weighted by Gasteiger charge is 2.40. The summed E-state index contributed by atoms with van der Waals surface area (Å²) in [6, 6.07) is -0.375. The molecule has 1 fully saturated rings. The number of aromatic nitrogens is 3. The molecule has 1 unspecified atom stereocenters. The van der Waals surface area contributed by atoms with Crippen molar-refractivity contribution in [3.05, 3.63) is 12.4 Å². The number of carbonyl (C=O) groups excluding carboxylic acids is 1. The van der Waals surface area contributed by atoms with Crippen molar-refractivity contribution in [1.29, 1.82) is 0 Å². The summed E-state index contributed by atoms with van der Waals surface area (Å²) in [6.45, 7) is 6.16. The maximum absolute atomic E-state index is 12.3. The van der Waals surface area contributed by atoms with Crippen molar-refractivity contribution in [2.24, 2.45) is 11.3 Å². The van der Waals surface area contributed by atoms with E-state index in [1.54, 1.807) is 17.1 Å². The molecule has 3 atom stereocenters. The third-order valence-electron chi connectivity index (χ3n) is 4.60. The SMILES string of the molecule is CCC(C)(C)CC(=O)N[C@@H]1CC(C(=O)O)C[C@@H]1n1ccnn1. The van der Waals surface area contributed by atoms with Gasteiger partial charge in [-0.3, -0.25) is 9.59 Å². The zero-order chi connectivity index (χ0) is 16.3. The average Bonchev–Trinajstić information content (AvgIpc) is 3.06. The van der Waals surface area contributed by atoms with Crippen molar-refractivity contribution in [2.75, 3.05) is 0 Å². The van der Waals surface area contributed by atoms with E-state index in [9.17, 15) is 14.7 Å². The van der Waals surface area contributed by atoms with Crippen LogP contribution in [-0.4, -0.2) is 38.0 Å². The molecule has 0 spiro atoms. The lowest BCUT2D eigenvalue weighted by atomic mass is 9.86. The first-order valence-electron chi connectivity index (χ1n) is 7.70. The largest absolute Gasteiger partial charge is 0.481 e. The number of carbonyl (C=O) groups is 2. The Hall–Kier alpha value is -1.92. The molecular formula is C15H24N4O3. The molecule has 1 saturated carbocycles. The second-order valence-electron chi connectivity index (χ2n) is 6.83. The van der Waals surface area contributed by atoms with Gasteiger partial charge in [-0.1, -0.05) is 32.4 Å². The van der Waals surface area contributed by atoms with E-state index in [1.165, 1.54) is 0 Å². The molecule has 1 heterocycles. The number of carboxylic acid groups (broad SMARTS) is 1. The van der Waals surface area contributed by atoms with E-state index in [4.69, 9.17) is 0 Å². The molecule has 0 saturated heterocycles. The Morgan fingerprint density at radius 1 is 1.41 bits per heavy atom. The fraction of sp³-hybridized carbons (Fsp3) is 0.733. The Kier molecular flexibility index (Phi) is 4.83. The number of hydrogen-bond donors (Lipinski definition) is 2. The Bertz CT molecular complexity index is 527. The maximum atomic E-state index is 12.3. The molecule has 1 aliphatic rings. The third kappa shape index (κ3) is 3.84. The fourth-order valence-corrected chi connectivity index (χ4v) is 2.88. The van der Waals surface area contributed by atoms with E-state index < -0.39 is 11.9 Å². The third-order valence-corrected chi connectivity index (χ3v) is 4.60. The minimum atomic E-state index is -0.823. The van der Waals surface area contributed by atoms with Gasteiger partial charge in [-0.15, -0.1) is 5.10 Å². The Labute approximate surface area is 130 Å². The molecule has 122 valence electrons. The topological polar surface area (TPSA) is 97.1 Å². The van der Waals surface area contributed by atoms with Crippen molar-refractivity contribution in [1.82, 2.24) is 20.3 Å². The number of hydrogen-bond acceptors (Lipinski definition) is 4. The van der Waals surface area contributed by atoms with Crippen LogP contribution in [0.15, 0.2) is 12.4 Å². The van der Waals surface area contributed by atoms with E-state index in [2.05, 4.69) is 36.4 Å². The summed E-state index contributed by atoms with van der Waals surface area (Å²) in [5, 5.41) is 20.0. The van der Waals surface area contributed by atoms with Gasteiger partial charge in [0, 0.05) is 12.6 Å². The van der Waals surface area contributed by atoms with E-state index in [-0.39, 0.29) is 23.4 Å². The van der Waals surface area contributed by atoms with Crippen LogP contribution in [0.2, 0.25) is 0 Å². The zero-order valence-electron chi connectivity index (χ0n) is 13.3. The first kappa shape index (κ1) is 16.5. The molecule has 2 rings (SSSR count). The summed E-state index contributed by atoms with van der Waals surface area (Å²) in [7, 11) is 0. The van der Waals surface area contributed by atoms with Gasteiger partial charge in [0.05, 0.1) is 24.2 Å². The van der Waals surface area contributed by atoms with Gasteiger partial charge in [-0.2, -0.15) is 0 Å². The van der Waals surface area contributed by atoms with Gasteiger partial charge < -0.3 is 10.4 Å². The lowest BCUT2D eigenvalue weighted by molar-refractivity contribution is -0.141. The molecule has 22 heavy (non-hydrogen) atoms. The first-order valence-corrected chi connectivity index (χ1v) is 7.70. The number of carboxylic acids is 1. The molecule has 0 bridgehead atoms. The van der Waals surface area contributed by atoms with E-state index >= 15 is 0 Å². The molecule has 7 nitrogen and oxygen atoms in total. The van der Waals surface area contributed by atoms with Gasteiger partial charge in [0.25, 0.3) is 0 Å². The van der Waals surface area contributed by atoms with Crippen molar-refractivity contribution >= 4 is 11.9 Å². The summed E-state index contributed by atoms with van der Waals surface area (Å²) in [4.78, 5) is 23.5. The molecule has 1 aliphatic carbocycles. The molecule has 1 amide bonds. The van der Waals surface area contributed by atoms with Crippen LogP contribution in [-0.2, 0) is 9.59 Å². The monoisotopic (exact) mass is 308 g/mol. The van der Waals surface area contributed by atoms with Crippen molar-refractivity contribution < 1.29 is 14.7 Å². The predicted molar refractivity (Wildman–Crippen MR) is 80.0 cm³/mol. The fourth-order valence-electron chi connectivity index (χ4n) is 2.88. The maximum Gasteiger partial charge on any atom is 0.306 e. The van der Waals surface area contributed by atoms with Crippen LogP contribution < -0.4 is 5.32 Å². The number of nitrogens with zero attached hydrogens (tertiary/aromatic N) is 3. The predicted octanol–water partition coefficient (Wildman–Crippen LogP) is 1.62. The minimum absolute atomic E-state index is 0.0343. The number of rotatable bonds is 6. The van der Waals surface area contributed by atoms with Crippen LogP contribution >= 0.6 is 0 Å². The minimum Gasteiger partial charge on any atom is -0.481 e. The molecule has 0 radical (unpaired) electrons. The summed E-state index contributed by atoms with van der Waals surface area (Å²) < 4.78 is 1.65. The molecule has 0 aromatic carbocycles. The molecule has 7 heteroatoms. The van der Waals surface area contributed by atoms with Gasteiger partial charge in [0.1, 0.15) is 0 Å². The second-order valence-corrected chi connectivity index (χ2v) is 6.83. The summed E-state index contributed by atoms with van der Waals surface area (Å²) >= 11 is 0. The van der Waals surface area contributed by atoms with Crippen LogP contribution in [0.3, 0.4) is 0 Å². The van der Waals surface area contributed by atoms with Crippen molar-refractivity contribution in [2.45, 2.75) is 58.5 Å². The van der Waals surface area contributed by atoms with Crippen LogP contribution in [0.25, 0.3) is 0 Å². The van der Waals surface area contributed by atoms with Gasteiger partial charge in [0.15, 0.2) is 0 Å². The summed E-state index contributed by atoms with van der Waals surface area (Å²) in [5.74, 6) is -1.32. The average molecular weight is 308 g/mol. The van der Waals surface area contributed by atoms with Gasteiger partial charge in [-0.25, -0.2) is 4.68 Å². The van der Waals surface area contributed by atoms with Crippen LogP contribution in [0.1, 0.15) is 52.5 Å². The number of aliphatic carboxylic acids is 1. The molecule has 1 aromatic rings. The molecule has 2 N–H and O–H groups in total. The second kappa shape index (κ2) is 6.46. The van der Waals surface area contributed by atoms with Gasteiger partial charge in [0.2, 0.25) is 5.91 Å². The van der Waals surface area contributed by atoms with Crippen LogP contribution in [0.4, 0.5) is 0 Å². The normalized spacial score (nSPS) is 25.1. The van der Waals surface area contributed by atoms with E-state index in [0.29, 0.717) is 19.3 Å². The van der Waals surface area contributed by atoms with Crippen LogP contribution in [0, 0.1) is 11.3 Å². The van der Waals surface area contributed by atoms with E-state index in [0.717, 1.165) is 6.42 Å². The van der Waals surface area contributed by atoms with Gasteiger partial charge in [-0.05, 0) is 18.3 Å². The smallest absolute Gasteiger partial charge is 0.306 e. The number of amides is 1. The first-order chi connectivity index (χ1) is 10.3. The van der Waals surface area contributed by atoms with Gasteiger partial charge >= 0.3 is 5.97 Å². The van der Waals surface area contributed by atoms with Crippen molar-refractivity contribution in [3.8, 4) is 0 Å². The lowest BCUT2D eigenvalue weighted by Gasteiger charge is -2.25. The molecular weight excluding hydrogens is 284 g/mol. The standard InChI is InChI=1S/C15H24N4O3/c1-4-15(2,3)9-13(20)17-11-7-10(14(21)22)8-12(11)19-6-5-16-18-19/h5-6,10-12H,4,7-9H2,1-3H3,(H,17,20)(H,21,22)/t10?,11-,12+/m1/s1. The highest BCUT2D eigenvalue weighted by molar-refractivity contribution is 5.77. The lowest BCUT2D eigenvalue weighted by Crippen LogP contribution is -2.40. The Balaban J connectivity index is 2.06. The molecule has 0 aliphatic heterocycles. The van der Waals surface area contributed by atoms with Crippen LogP contribution in [0.5, 0.6) is 0 Å².